The second-order valence-electron chi connectivity index (χ2n) is 5.72. The van der Waals surface area contributed by atoms with Crippen molar-refractivity contribution in [2.24, 2.45) is 7.05 Å². The molecule has 0 atom stereocenters. The van der Waals surface area contributed by atoms with Crippen molar-refractivity contribution < 1.29 is 0 Å². The van der Waals surface area contributed by atoms with E-state index in [1.54, 1.807) is 6.33 Å². The second kappa shape index (κ2) is 4.66. The average Bonchev–Trinajstić information content (AvgIpc) is 2.84. The van der Waals surface area contributed by atoms with Gasteiger partial charge in [-0.25, -0.2) is 9.97 Å². The first kappa shape index (κ1) is 12.5. The van der Waals surface area contributed by atoms with Gasteiger partial charge in [0.25, 0.3) is 0 Å². The monoisotopic (exact) mass is 282 g/mol. The summed E-state index contributed by atoms with van der Waals surface area (Å²) in [5.74, 6) is 1.04. The van der Waals surface area contributed by atoms with Gasteiger partial charge in [-0.3, -0.25) is 4.68 Å². The van der Waals surface area contributed by atoms with Gasteiger partial charge in [0.15, 0.2) is 0 Å². The molecule has 0 radical (unpaired) electrons. The molecule has 3 heterocycles. The first-order valence-electron chi connectivity index (χ1n) is 7.22. The Morgan fingerprint density at radius 2 is 1.76 bits per heavy atom. The maximum Gasteiger partial charge on any atom is 0.139 e. The largest absolute Gasteiger partial charge is 0.353 e. The van der Waals surface area contributed by atoms with Gasteiger partial charge >= 0.3 is 0 Å². The summed E-state index contributed by atoms with van der Waals surface area (Å²) in [7, 11) is 4.10. The number of hydrogen-bond donors (Lipinski definition) is 0. The van der Waals surface area contributed by atoms with Crippen molar-refractivity contribution >= 4 is 27.6 Å². The summed E-state index contributed by atoms with van der Waals surface area (Å²) in [6, 6.07) is 4.21. The molecule has 0 unspecified atom stereocenters. The first-order chi connectivity index (χ1) is 10.2. The van der Waals surface area contributed by atoms with E-state index in [-0.39, 0.29) is 0 Å². The van der Waals surface area contributed by atoms with Crippen molar-refractivity contribution in [3.05, 3.63) is 24.7 Å². The highest BCUT2D eigenvalue weighted by molar-refractivity contribution is 5.99. The molecule has 21 heavy (non-hydrogen) atoms. The van der Waals surface area contributed by atoms with Crippen LogP contribution >= 0.6 is 0 Å². The number of nitrogens with zero attached hydrogens (tertiary/aromatic N) is 6. The van der Waals surface area contributed by atoms with Gasteiger partial charge in [0.05, 0.1) is 11.0 Å². The van der Waals surface area contributed by atoms with E-state index < -0.39 is 0 Å². The fourth-order valence-corrected chi connectivity index (χ4v) is 2.96. The van der Waals surface area contributed by atoms with Crippen LogP contribution in [0.3, 0.4) is 0 Å². The van der Waals surface area contributed by atoms with Crippen LogP contribution in [0.4, 0.5) is 5.82 Å². The van der Waals surface area contributed by atoms with Gasteiger partial charge in [-0.15, -0.1) is 0 Å². The zero-order valence-corrected chi connectivity index (χ0v) is 12.3. The Kier molecular flexibility index (Phi) is 2.78. The number of likely N-dealkylation sites (N-methyl/N-ethyl adjacent to an activating group) is 1. The number of anilines is 1. The van der Waals surface area contributed by atoms with Crippen LogP contribution in [-0.2, 0) is 7.05 Å². The molecular weight excluding hydrogens is 264 g/mol. The zero-order valence-electron chi connectivity index (χ0n) is 12.3. The highest BCUT2D eigenvalue weighted by Crippen LogP contribution is 2.27. The fraction of sp³-hybridized carbons (Fsp3) is 0.400. The molecule has 0 N–H and O–H groups in total. The number of hydrogen-bond acceptors (Lipinski definition) is 5. The maximum absolute atomic E-state index is 4.54. The summed E-state index contributed by atoms with van der Waals surface area (Å²) < 4.78 is 1.84. The Labute approximate surface area is 123 Å². The van der Waals surface area contributed by atoms with E-state index in [4.69, 9.17) is 0 Å². The molecule has 1 aliphatic heterocycles. The maximum atomic E-state index is 4.54. The molecule has 0 saturated carbocycles. The molecule has 1 aliphatic rings. The molecule has 3 aromatic rings. The Balaban J connectivity index is 1.86. The molecule has 1 saturated heterocycles. The van der Waals surface area contributed by atoms with E-state index in [0.717, 1.165) is 53.8 Å². The van der Waals surface area contributed by atoms with Crippen LogP contribution in [0.5, 0.6) is 0 Å². The number of aromatic nitrogens is 4. The number of aryl methyl sites for hydroxylation is 1. The number of piperazine rings is 1. The van der Waals surface area contributed by atoms with Crippen molar-refractivity contribution in [3.63, 3.8) is 0 Å². The lowest BCUT2D eigenvalue weighted by Crippen LogP contribution is -2.44. The molecular formula is C15H18N6. The van der Waals surface area contributed by atoms with Crippen molar-refractivity contribution in [1.29, 1.82) is 0 Å². The minimum absolute atomic E-state index is 0.963. The molecule has 4 rings (SSSR count). The summed E-state index contributed by atoms with van der Waals surface area (Å²) in [4.78, 5) is 13.7. The van der Waals surface area contributed by atoms with Crippen LogP contribution in [0.1, 0.15) is 0 Å². The van der Waals surface area contributed by atoms with Crippen LogP contribution in [0.15, 0.2) is 24.7 Å². The van der Waals surface area contributed by atoms with E-state index in [2.05, 4.69) is 38.0 Å². The summed E-state index contributed by atoms with van der Waals surface area (Å²) in [6.45, 7) is 4.16. The quantitative estimate of drug-likeness (QED) is 0.673. The highest BCUT2D eigenvalue weighted by Gasteiger charge is 2.18. The smallest absolute Gasteiger partial charge is 0.139 e. The highest BCUT2D eigenvalue weighted by atomic mass is 15.3. The van der Waals surface area contributed by atoms with Gasteiger partial charge < -0.3 is 9.80 Å². The predicted molar refractivity (Wildman–Crippen MR) is 83.5 cm³/mol. The van der Waals surface area contributed by atoms with Crippen LogP contribution < -0.4 is 4.90 Å². The van der Waals surface area contributed by atoms with E-state index in [1.165, 1.54) is 0 Å². The van der Waals surface area contributed by atoms with Crippen molar-refractivity contribution in [3.8, 4) is 0 Å². The van der Waals surface area contributed by atoms with Gasteiger partial charge in [0.1, 0.15) is 12.1 Å². The fourth-order valence-electron chi connectivity index (χ4n) is 2.96. The Bertz CT molecular complexity index is 800. The molecule has 0 bridgehead atoms. The van der Waals surface area contributed by atoms with E-state index in [1.807, 2.05) is 24.0 Å². The molecule has 108 valence electrons. The number of rotatable bonds is 1. The topological polar surface area (TPSA) is 50.1 Å². The van der Waals surface area contributed by atoms with Gasteiger partial charge in [-0.1, -0.05) is 0 Å². The standard InChI is InChI=1S/C15H18N6/c1-19-3-5-21(6-4-19)15-12-7-11-9-20(2)18-13(11)8-14(12)16-10-17-15/h7-10H,3-6H2,1-2H3. The molecule has 6 nitrogen and oxygen atoms in total. The lowest BCUT2D eigenvalue weighted by atomic mass is 10.1. The number of fused-ring (bicyclic) bond motifs is 2. The molecule has 6 heteroatoms. The molecule has 0 aliphatic carbocycles. The Hall–Kier alpha value is -2.21. The van der Waals surface area contributed by atoms with Crippen molar-refractivity contribution in [2.75, 3.05) is 38.1 Å². The molecule has 1 aromatic carbocycles. The van der Waals surface area contributed by atoms with Gasteiger partial charge in [0, 0.05) is 50.2 Å². The van der Waals surface area contributed by atoms with Crippen LogP contribution in [0, 0.1) is 0 Å². The lowest BCUT2D eigenvalue weighted by Gasteiger charge is -2.33. The minimum Gasteiger partial charge on any atom is -0.353 e. The zero-order chi connectivity index (χ0) is 14.4. The van der Waals surface area contributed by atoms with Gasteiger partial charge in [-0.05, 0) is 19.2 Å². The average molecular weight is 282 g/mol. The molecule has 1 fully saturated rings. The third-order valence-electron chi connectivity index (χ3n) is 4.16. The first-order valence-corrected chi connectivity index (χ1v) is 7.22. The third-order valence-corrected chi connectivity index (χ3v) is 4.16. The van der Waals surface area contributed by atoms with Crippen LogP contribution in [0.25, 0.3) is 21.8 Å². The molecule has 0 amide bonds. The Morgan fingerprint density at radius 1 is 0.952 bits per heavy atom. The lowest BCUT2D eigenvalue weighted by molar-refractivity contribution is 0.312. The summed E-state index contributed by atoms with van der Waals surface area (Å²) in [5.41, 5.74) is 1.94. The summed E-state index contributed by atoms with van der Waals surface area (Å²) >= 11 is 0. The molecule has 2 aromatic heterocycles. The van der Waals surface area contributed by atoms with Crippen molar-refractivity contribution in [1.82, 2.24) is 24.6 Å². The predicted octanol–water partition coefficient (Wildman–Crippen LogP) is 1.27. The SMILES string of the molecule is CN1CCN(c2ncnc3cc4nn(C)cc4cc23)CC1. The second-order valence-corrected chi connectivity index (χ2v) is 5.72. The van der Waals surface area contributed by atoms with E-state index in [0.29, 0.717) is 0 Å². The normalized spacial score (nSPS) is 17.0. The Morgan fingerprint density at radius 3 is 2.57 bits per heavy atom. The summed E-state index contributed by atoms with van der Waals surface area (Å²) in [6.07, 6.45) is 3.69. The van der Waals surface area contributed by atoms with E-state index >= 15 is 0 Å². The summed E-state index contributed by atoms with van der Waals surface area (Å²) in [5, 5.41) is 6.70. The van der Waals surface area contributed by atoms with E-state index in [9.17, 15) is 0 Å². The number of benzene rings is 1. The minimum atomic E-state index is 0.963. The van der Waals surface area contributed by atoms with Crippen molar-refractivity contribution in [2.45, 2.75) is 0 Å². The third kappa shape index (κ3) is 2.12. The van der Waals surface area contributed by atoms with Crippen LogP contribution in [-0.4, -0.2) is 57.9 Å². The van der Waals surface area contributed by atoms with Gasteiger partial charge in [0.2, 0.25) is 0 Å². The van der Waals surface area contributed by atoms with Gasteiger partial charge in [-0.2, -0.15) is 5.10 Å². The molecule has 0 spiro atoms. The van der Waals surface area contributed by atoms with Crippen LogP contribution in [0.2, 0.25) is 0 Å².